The van der Waals surface area contributed by atoms with Gasteiger partial charge < -0.3 is 22.5 Å². The van der Waals surface area contributed by atoms with Crippen molar-refractivity contribution in [1.29, 1.82) is 0 Å². The standard InChI is InChI=1S/C7H15NO.ClH/c1-9-6-7-3-2-4-8-5-7;/h7-8H,2-6H2,1H3;1H/p-1. The number of methoxy groups -OCH3 is 1. The summed E-state index contributed by atoms with van der Waals surface area (Å²) >= 11 is 0. The Hall–Kier alpha value is 0.210. The van der Waals surface area contributed by atoms with Crippen LogP contribution in [0.5, 0.6) is 0 Å². The van der Waals surface area contributed by atoms with Gasteiger partial charge in [-0.15, -0.1) is 0 Å². The van der Waals surface area contributed by atoms with E-state index in [9.17, 15) is 0 Å². The van der Waals surface area contributed by atoms with Gasteiger partial charge in [-0.25, -0.2) is 0 Å². The Bertz CT molecular complexity index is 71.3. The summed E-state index contributed by atoms with van der Waals surface area (Å²) in [5.41, 5.74) is 0. The molecular formula is C7H15ClNO-. The van der Waals surface area contributed by atoms with E-state index in [1.807, 2.05) is 0 Å². The topological polar surface area (TPSA) is 21.3 Å². The van der Waals surface area contributed by atoms with Crippen LogP contribution in [0.4, 0.5) is 0 Å². The van der Waals surface area contributed by atoms with Crippen molar-refractivity contribution in [2.45, 2.75) is 12.8 Å². The second-order valence-corrected chi connectivity index (χ2v) is 2.67. The summed E-state index contributed by atoms with van der Waals surface area (Å²) in [6.45, 7) is 3.26. The zero-order valence-electron chi connectivity index (χ0n) is 6.40. The molecule has 1 aliphatic heterocycles. The molecule has 0 aliphatic carbocycles. The van der Waals surface area contributed by atoms with Gasteiger partial charge in [-0.05, 0) is 25.3 Å². The molecular weight excluding hydrogens is 150 g/mol. The van der Waals surface area contributed by atoms with Gasteiger partial charge in [0, 0.05) is 13.7 Å². The first-order valence-corrected chi connectivity index (χ1v) is 3.63. The molecule has 1 N–H and O–H groups in total. The molecule has 0 aromatic heterocycles. The first kappa shape index (κ1) is 10.2. The first-order valence-electron chi connectivity index (χ1n) is 3.63. The number of halogens is 1. The van der Waals surface area contributed by atoms with Crippen molar-refractivity contribution in [1.82, 2.24) is 5.32 Å². The summed E-state index contributed by atoms with van der Waals surface area (Å²) in [5.74, 6) is 0.767. The van der Waals surface area contributed by atoms with Gasteiger partial charge in [0.15, 0.2) is 0 Å². The third kappa shape index (κ3) is 3.40. The highest BCUT2D eigenvalue weighted by molar-refractivity contribution is 4.67. The molecule has 1 rings (SSSR count). The molecule has 1 aliphatic rings. The van der Waals surface area contributed by atoms with Crippen molar-refractivity contribution in [3.05, 3.63) is 0 Å². The Balaban J connectivity index is 0.000000810. The van der Waals surface area contributed by atoms with Crippen LogP contribution in [0.2, 0.25) is 0 Å². The Morgan fingerprint density at radius 3 is 2.90 bits per heavy atom. The van der Waals surface area contributed by atoms with Gasteiger partial charge in [-0.1, -0.05) is 0 Å². The highest BCUT2D eigenvalue weighted by Gasteiger charge is 2.11. The fraction of sp³-hybridized carbons (Fsp3) is 1.00. The number of piperidine rings is 1. The van der Waals surface area contributed by atoms with Crippen LogP contribution in [0.3, 0.4) is 0 Å². The van der Waals surface area contributed by atoms with Crippen LogP contribution in [0, 0.1) is 5.92 Å². The van der Waals surface area contributed by atoms with E-state index in [2.05, 4.69) is 5.32 Å². The molecule has 0 bridgehead atoms. The molecule has 0 spiro atoms. The van der Waals surface area contributed by atoms with Crippen molar-refractivity contribution in [3.8, 4) is 0 Å². The van der Waals surface area contributed by atoms with E-state index in [1.54, 1.807) is 7.11 Å². The molecule has 62 valence electrons. The minimum Gasteiger partial charge on any atom is -1.00 e. The Morgan fingerprint density at radius 1 is 1.60 bits per heavy atom. The van der Waals surface area contributed by atoms with Crippen LogP contribution >= 0.6 is 0 Å². The fourth-order valence-corrected chi connectivity index (χ4v) is 1.30. The molecule has 1 unspecified atom stereocenters. The maximum Gasteiger partial charge on any atom is 0.0502 e. The maximum absolute atomic E-state index is 5.04. The number of ether oxygens (including phenoxy) is 1. The molecule has 1 heterocycles. The van der Waals surface area contributed by atoms with E-state index >= 15 is 0 Å². The second-order valence-electron chi connectivity index (χ2n) is 2.67. The zero-order chi connectivity index (χ0) is 6.53. The normalized spacial score (nSPS) is 25.5. The lowest BCUT2D eigenvalue weighted by molar-refractivity contribution is -0.00000230. The quantitative estimate of drug-likeness (QED) is 0.493. The SMILES string of the molecule is COCC1CCCNC1.[Cl-]. The second kappa shape index (κ2) is 5.96. The summed E-state index contributed by atoms with van der Waals surface area (Å²) in [4.78, 5) is 0. The molecule has 0 aromatic carbocycles. The van der Waals surface area contributed by atoms with Gasteiger partial charge in [0.25, 0.3) is 0 Å². The van der Waals surface area contributed by atoms with E-state index < -0.39 is 0 Å². The molecule has 2 nitrogen and oxygen atoms in total. The number of hydrogen-bond donors (Lipinski definition) is 1. The van der Waals surface area contributed by atoms with Crippen molar-refractivity contribution >= 4 is 0 Å². The molecule has 1 saturated heterocycles. The van der Waals surface area contributed by atoms with Crippen LogP contribution < -0.4 is 17.7 Å². The van der Waals surface area contributed by atoms with Gasteiger partial charge in [-0.3, -0.25) is 0 Å². The Kier molecular flexibility index (Phi) is 6.08. The highest BCUT2D eigenvalue weighted by atomic mass is 35.5. The van der Waals surface area contributed by atoms with Crippen LogP contribution in [0.1, 0.15) is 12.8 Å². The summed E-state index contributed by atoms with van der Waals surface area (Å²) < 4.78 is 5.04. The van der Waals surface area contributed by atoms with E-state index in [4.69, 9.17) is 4.74 Å². The lowest BCUT2D eigenvalue weighted by atomic mass is 10.0. The van der Waals surface area contributed by atoms with Gasteiger partial charge in [0.2, 0.25) is 0 Å². The van der Waals surface area contributed by atoms with Gasteiger partial charge in [-0.2, -0.15) is 0 Å². The van der Waals surface area contributed by atoms with Crippen LogP contribution in [-0.4, -0.2) is 26.8 Å². The van der Waals surface area contributed by atoms with Crippen LogP contribution in [-0.2, 0) is 4.74 Å². The fourth-order valence-electron chi connectivity index (χ4n) is 1.30. The number of rotatable bonds is 2. The molecule has 0 saturated carbocycles. The maximum atomic E-state index is 5.04. The predicted octanol–water partition coefficient (Wildman–Crippen LogP) is -2.36. The number of hydrogen-bond acceptors (Lipinski definition) is 2. The first-order chi connectivity index (χ1) is 4.43. The molecule has 0 radical (unpaired) electrons. The van der Waals surface area contributed by atoms with Crippen molar-refractivity contribution in [2.75, 3.05) is 26.8 Å². The summed E-state index contributed by atoms with van der Waals surface area (Å²) in [6.07, 6.45) is 2.65. The summed E-state index contributed by atoms with van der Waals surface area (Å²) in [5, 5.41) is 3.34. The van der Waals surface area contributed by atoms with Crippen molar-refractivity contribution in [2.24, 2.45) is 5.92 Å². The summed E-state index contributed by atoms with van der Waals surface area (Å²) in [7, 11) is 1.77. The molecule has 0 aromatic rings. The van der Waals surface area contributed by atoms with E-state index in [0.717, 1.165) is 19.1 Å². The monoisotopic (exact) mass is 164 g/mol. The molecule has 3 heteroatoms. The van der Waals surface area contributed by atoms with Gasteiger partial charge >= 0.3 is 0 Å². The number of nitrogens with one attached hydrogen (secondary N) is 1. The molecule has 1 fully saturated rings. The molecule has 0 amide bonds. The van der Waals surface area contributed by atoms with E-state index in [-0.39, 0.29) is 12.4 Å². The lowest BCUT2D eigenvalue weighted by Gasteiger charge is -2.21. The average Bonchev–Trinajstić information content (AvgIpc) is 1.91. The van der Waals surface area contributed by atoms with E-state index in [0.29, 0.717) is 0 Å². The lowest BCUT2D eigenvalue weighted by Crippen LogP contribution is -3.00. The molecule has 1 atom stereocenters. The van der Waals surface area contributed by atoms with E-state index in [1.165, 1.54) is 19.4 Å². The minimum atomic E-state index is 0. The third-order valence-electron chi connectivity index (χ3n) is 1.80. The predicted molar refractivity (Wildman–Crippen MR) is 37.5 cm³/mol. The average molecular weight is 165 g/mol. The zero-order valence-corrected chi connectivity index (χ0v) is 7.16. The Morgan fingerprint density at radius 2 is 2.40 bits per heavy atom. The smallest absolute Gasteiger partial charge is 0.0502 e. The highest BCUT2D eigenvalue weighted by Crippen LogP contribution is 2.08. The Labute approximate surface area is 68.7 Å². The van der Waals surface area contributed by atoms with Crippen molar-refractivity contribution < 1.29 is 17.1 Å². The minimum absolute atomic E-state index is 0. The van der Waals surface area contributed by atoms with Gasteiger partial charge in [0.05, 0.1) is 6.61 Å². The largest absolute Gasteiger partial charge is 1.00 e. The van der Waals surface area contributed by atoms with Crippen molar-refractivity contribution in [3.63, 3.8) is 0 Å². The van der Waals surface area contributed by atoms with Crippen LogP contribution in [0.25, 0.3) is 0 Å². The third-order valence-corrected chi connectivity index (χ3v) is 1.80. The summed E-state index contributed by atoms with van der Waals surface area (Å²) in [6, 6.07) is 0. The van der Waals surface area contributed by atoms with Gasteiger partial charge in [0.1, 0.15) is 0 Å². The molecule has 10 heavy (non-hydrogen) atoms. The van der Waals surface area contributed by atoms with Crippen LogP contribution in [0.15, 0.2) is 0 Å².